The van der Waals surface area contributed by atoms with E-state index in [0.29, 0.717) is 5.88 Å². The number of thiophene rings is 1. The first-order valence-corrected chi connectivity index (χ1v) is 8.98. The molecule has 1 aromatic carbocycles. The molecule has 1 heterocycles. The maximum atomic E-state index is 12.6. The predicted octanol–water partition coefficient (Wildman–Crippen LogP) is 3.87. The quantitative estimate of drug-likeness (QED) is 0.781. The minimum atomic E-state index is -3.52. The number of hydrogen-bond donors (Lipinski definition) is 0. The molecule has 0 bridgehead atoms. The van der Waals surface area contributed by atoms with E-state index in [1.54, 1.807) is 36.6 Å². The summed E-state index contributed by atoms with van der Waals surface area (Å²) in [5, 5.41) is 1.94. The van der Waals surface area contributed by atoms with Crippen molar-refractivity contribution in [2.45, 2.75) is 23.7 Å². The van der Waals surface area contributed by atoms with E-state index in [1.807, 2.05) is 30.5 Å². The van der Waals surface area contributed by atoms with Gasteiger partial charge in [-0.05, 0) is 36.1 Å². The molecule has 0 radical (unpaired) electrons. The Balaban J connectivity index is 2.34. The summed E-state index contributed by atoms with van der Waals surface area (Å²) in [6.07, 6.45) is 0. The Hall–Kier alpha value is -0.880. The van der Waals surface area contributed by atoms with Gasteiger partial charge in [-0.2, -0.15) is 4.31 Å². The Kier molecular flexibility index (Phi) is 4.86. The van der Waals surface area contributed by atoms with Gasteiger partial charge in [-0.1, -0.05) is 18.2 Å². The molecule has 1 atom stereocenters. The van der Waals surface area contributed by atoms with Crippen molar-refractivity contribution in [3.63, 3.8) is 0 Å². The van der Waals surface area contributed by atoms with Gasteiger partial charge in [0.2, 0.25) is 10.0 Å². The van der Waals surface area contributed by atoms with Crippen molar-refractivity contribution >= 4 is 33.0 Å². The molecule has 0 amide bonds. The van der Waals surface area contributed by atoms with E-state index in [-0.39, 0.29) is 10.9 Å². The summed E-state index contributed by atoms with van der Waals surface area (Å²) < 4.78 is 26.6. The van der Waals surface area contributed by atoms with Crippen LogP contribution in [-0.4, -0.2) is 19.8 Å². The van der Waals surface area contributed by atoms with Crippen LogP contribution in [0.25, 0.3) is 0 Å². The van der Waals surface area contributed by atoms with Gasteiger partial charge in [0.25, 0.3) is 0 Å². The van der Waals surface area contributed by atoms with E-state index in [9.17, 15) is 8.42 Å². The largest absolute Gasteiger partial charge is 0.243 e. The number of hydrogen-bond acceptors (Lipinski definition) is 3. The molecular formula is C14H16ClNO2S2. The average Bonchev–Trinajstić information content (AvgIpc) is 3.00. The SMILES string of the molecule is CC(c1cccs1)N(C)S(=O)(=O)c1cccc(CCl)c1. The first kappa shape index (κ1) is 15.5. The molecule has 0 spiro atoms. The summed E-state index contributed by atoms with van der Waals surface area (Å²) in [5.41, 5.74) is 0.796. The number of halogens is 1. The van der Waals surface area contributed by atoms with Gasteiger partial charge in [0, 0.05) is 17.8 Å². The van der Waals surface area contributed by atoms with Crippen molar-refractivity contribution in [3.8, 4) is 0 Å². The first-order chi connectivity index (χ1) is 9.46. The monoisotopic (exact) mass is 329 g/mol. The second-order valence-corrected chi connectivity index (χ2v) is 7.74. The number of rotatable bonds is 5. The van der Waals surface area contributed by atoms with Crippen LogP contribution < -0.4 is 0 Å². The molecule has 0 saturated heterocycles. The minimum Gasteiger partial charge on any atom is -0.207 e. The lowest BCUT2D eigenvalue weighted by molar-refractivity contribution is 0.403. The lowest BCUT2D eigenvalue weighted by Gasteiger charge is -2.23. The second kappa shape index (κ2) is 6.26. The highest BCUT2D eigenvalue weighted by molar-refractivity contribution is 7.89. The van der Waals surface area contributed by atoms with Crippen molar-refractivity contribution in [3.05, 3.63) is 52.2 Å². The Labute approximate surface area is 128 Å². The fourth-order valence-corrected chi connectivity index (χ4v) is 4.34. The molecular weight excluding hydrogens is 314 g/mol. The molecule has 108 valence electrons. The standard InChI is InChI=1S/C14H16ClNO2S2/c1-11(14-7-4-8-19-14)16(2)20(17,18)13-6-3-5-12(9-13)10-15/h3-9,11H,10H2,1-2H3. The van der Waals surface area contributed by atoms with Gasteiger partial charge >= 0.3 is 0 Å². The minimum absolute atomic E-state index is 0.195. The zero-order valence-electron chi connectivity index (χ0n) is 11.3. The van der Waals surface area contributed by atoms with Crippen molar-refractivity contribution in [2.24, 2.45) is 0 Å². The van der Waals surface area contributed by atoms with Gasteiger partial charge in [-0.3, -0.25) is 0 Å². The molecule has 0 aliphatic rings. The fraction of sp³-hybridized carbons (Fsp3) is 0.286. The summed E-state index contributed by atoms with van der Waals surface area (Å²) in [5.74, 6) is 0.299. The van der Waals surface area contributed by atoms with Crippen molar-refractivity contribution in [1.82, 2.24) is 4.31 Å². The third-order valence-electron chi connectivity index (χ3n) is 3.23. The van der Waals surface area contributed by atoms with Crippen LogP contribution in [0.2, 0.25) is 0 Å². The summed E-state index contributed by atoms with van der Waals surface area (Å²) in [6, 6.07) is 10.4. The average molecular weight is 330 g/mol. The number of nitrogens with zero attached hydrogens (tertiary/aromatic N) is 1. The van der Waals surface area contributed by atoms with Crippen LogP contribution in [-0.2, 0) is 15.9 Å². The highest BCUT2D eigenvalue weighted by Crippen LogP contribution is 2.28. The molecule has 6 heteroatoms. The number of sulfonamides is 1. The smallest absolute Gasteiger partial charge is 0.207 e. The van der Waals surface area contributed by atoms with Gasteiger partial charge in [-0.15, -0.1) is 22.9 Å². The molecule has 0 fully saturated rings. The van der Waals surface area contributed by atoms with Crippen LogP contribution in [0.15, 0.2) is 46.7 Å². The van der Waals surface area contributed by atoms with Crippen LogP contribution in [0.5, 0.6) is 0 Å². The van der Waals surface area contributed by atoms with Gasteiger partial charge in [-0.25, -0.2) is 8.42 Å². The predicted molar refractivity (Wildman–Crippen MR) is 83.7 cm³/mol. The maximum Gasteiger partial charge on any atom is 0.243 e. The van der Waals surface area contributed by atoms with Crippen molar-refractivity contribution < 1.29 is 8.42 Å². The van der Waals surface area contributed by atoms with Crippen LogP contribution in [0.3, 0.4) is 0 Å². The fourth-order valence-electron chi connectivity index (χ4n) is 1.87. The van der Waals surface area contributed by atoms with Gasteiger partial charge < -0.3 is 0 Å². The van der Waals surface area contributed by atoms with E-state index in [4.69, 9.17) is 11.6 Å². The normalized spacial score (nSPS) is 13.6. The molecule has 0 N–H and O–H groups in total. The highest BCUT2D eigenvalue weighted by atomic mass is 35.5. The van der Waals surface area contributed by atoms with E-state index in [0.717, 1.165) is 10.4 Å². The van der Waals surface area contributed by atoms with Crippen LogP contribution in [0, 0.1) is 0 Å². The summed E-state index contributed by atoms with van der Waals surface area (Å²) in [7, 11) is -1.91. The molecule has 2 aromatic rings. The highest BCUT2D eigenvalue weighted by Gasteiger charge is 2.26. The maximum absolute atomic E-state index is 12.6. The van der Waals surface area contributed by atoms with Crippen LogP contribution in [0.4, 0.5) is 0 Å². The van der Waals surface area contributed by atoms with E-state index >= 15 is 0 Å². The van der Waals surface area contributed by atoms with Crippen LogP contribution in [0.1, 0.15) is 23.4 Å². The second-order valence-electron chi connectivity index (χ2n) is 4.49. The molecule has 2 rings (SSSR count). The van der Waals surface area contributed by atoms with Gasteiger partial charge in [0.1, 0.15) is 0 Å². The van der Waals surface area contributed by atoms with Gasteiger partial charge in [0.15, 0.2) is 0 Å². The Morgan fingerprint density at radius 1 is 1.30 bits per heavy atom. The number of benzene rings is 1. The summed E-state index contributed by atoms with van der Waals surface area (Å²) >= 11 is 7.32. The molecule has 1 aromatic heterocycles. The van der Waals surface area contributed by atoms with Crippen molar-refractivity contribution in [2.75, 3.05) is 7.05 Å². The Morgan fingerprint density at radius 3 is 2.65 bits per heavy atom. The zero-order chi connectivity index (χ0) is 14.8. The van der Waals surface area contributed by atoms with E-state index < -0.39 is 10.0 Å². The lowest BCUT2D eigenvalue weighted by atomic mass is 10.2. The molecule has 20 heavy (non-hydrogen) atoms. The first-order valence-electron chi connectivity index (χ1n) is 6.13. The summed E-state index contributed by atoms with van der Waals surface area (Å²) in [4.78, 5) is 1.30. The lowest BCUT2D eigenvalue weighted by Crippen LogP contribution is -2.29. The van der Waals surface area contributed by atoms with Crippen LogP contribution >= 0.6 is 22.9 Å². The third-order valence-corrected chi connectivity index (χ3v) is 6.51. The third kappa shape index (κ3) is 3.06. The molecule has 0 aliphatic heterocycles. The topological polar surface area (TPSA) is 37.4 Å². The molecule has 3 nitrogen and oxygen atoms in total. The Morgan fingerprint density at radius 2 is 2.05 bits per heavy atom. The van der Waals surface area contributed by atoms with Crippen molar-refractivity contribution in [1.29, 1.82) is 0 Å². The summed E-state index contributed by atoms with van der Waals surface area (Å²) in [6.45, 7) is 1.88. The number of alkyl halides is 1. The van der Waals surface area contributed by atoms with E-state index in [2.05, 4.69) is 0 Å². The molecule has 0 saturated carbocycles. The molecule has 1 unspecified atom stereocenters. The van der Waals surface area contributed by atoms with E-state index in [1.165, 1.54) is 4.31 Å². The molecule has 0 aliphatic carbocycles. The Bertz CT molecular complexity index is 668. The zero-order valence-corrected chi connectivity index (χ0v) is 13.7. The van der Waals surface area contributed by atoms with Gasteiger partial charge in [0.05, 0.1) is 10.9 Å².